The van der Waals surface area contributed by atoms with Gasteiger partial charge in [-0.2, -0.15) is 16.1 Å². The van der Waals surface area contributed by atoms with Crippen LogP contribution in [0.1, 0.15) is 32.3 Å². The summed E-state index contributed by atoms with van der Waals surface area (Å²) in [6.07, 6.45) is 1.90. The molecule has 2 aliphatic heterocycles. The summed E-state index contributed by atoms with van der Waals surface area (Å²) in [6, 6.07) is 7.23. The van der Waals surface area contributed by atoms with Crippen LogP contribution in [-0.4, -0.2) is 67.8 Å². The lowest BCUT2D eigenvalue weighted by Gasteiger charge is -2.36. The number of aliphatic imine (C=N–C) groups is 1. The van der Waals surface area contributed by atoms with E-state index in [1.54, 1.807) is 16.4 Å². The maximum atomic E-state index is 12.6. The number of hydrogen-bond acceptors (Lipinski definition) is 4. The molecule has 0 radical (unpaired) electrons. The Labute approximate surface area is 173 Å². The summed E-state index contributed by atoms with van der Waals surface area (Å²) >= 11 is 2.05. The molecule has 2 fully saturated rings. The molecule has 0 aliphatic carbocycles. The van der Waals surface area contributed by atoms with Crippen molar-refractivity contribution in [3.63, 3.8) is 0 Å². The number of benzene rings is 1. The first-order chi connectivity index (χ1) is 13.4. The Balaban J connectivity index is 1.59. The smallest absolute Gasteiger partial charge is 0.243 e. The van der Waals surface area contributed by atoms with E-state index in [9.17, 15) is 8.42 Å². The topological polar surface area (TPSA) is 65.0 Å². The Morgan fingerprint density at radius 3 is 2.50 bits per heavy atom. The predicted octanol–water partition coefficient (Wildman–Crippen LogP) is 2.62. The van der Waals surface area contributed by atoms with Crippen molar-refractivity contribution >= 4 is 27.7 Å². The van der Waals surface area contributed by atoms with Crippen LogP contribution in [-0.2, 0) is 16.6 Å². The van der Waals surface area contributed by atoms with Crippen LogP contribution in [0.3, 0.4) is 0 Å². The van der Waals surface area contributed by atoms with Crippen LogP contribution in [0.25, 0.3) is 0 Å². The van der Waals surface area contributed by atoms with Crippen molar-refractivity contribution < 1.29 is 8.42 Å². The summed E-state index contributed by atoms with van der Waals surface area (Å²) < 4.78 is 26.9. The van der Waals surface area contributed by atoms with Gasteiger partial charge in [0.25, 0.3) is 0 Å². The van der Waals surface area contributed by atoms with Gasteiger partial charge in [-0.25, -0.2) is 8.42 Å². The molecule has 28 heavy (non-hydrogen) atoms. The molecule has 8 heteroatoms. The molecule has 6 nitrogen and oxygen atoms in total. The Bertz CT molecular complexity index is 772. The Kier molecular flexibility index (Phi) is 7.28. The molecule has 2 saturated heterocycles. The summed E-state index contributed by atoms with van der Waals surface area (Å²) in [4.78, 5) is 7.16. The summed E-state index contributed by atoms with van der Waals surface area (Å²) in [7, 11) is -1.52. The van der Waals surface area contributed by atoms with E-state index in [2.05, 4.69) is 29.1 Å². The molecule has 2 aliphatic rings. The third kappa shape index (κ3) is 5.02. The van der Waals surface area contributed by atoms with Gasteiger partial charge in [-0.05, 0) is 36.5 Å². The number of guanidine groups is 1. The monoisotopic (exact) mass is 424 g/mol. The highest BCUT2D eigenvalue weighted by atomic mass is 32.2. The first-order valence-corrected chi connectivity index (χ1v) is 12.6. The third-order valence-electron chi connectivity index (χ3n) is 5.43. The molecule has 0 bridgehead atoms. The number of sulfonamides is 1. The number of rotatable bonds is 5. The fourth-order valence-electron chi connectivity index (χ4n) is 3.64. The minimum atomic E-state index is -3.34. The Hall–Kier alpha value is -1.25. The van der Waals surface area contributed by atoms with Crippen molar-refractivity contribution in [2.45, 2.75) is 43.4 Å². The number of nitrogens with zero attached hydrogens (tertiary/aromatic N) is 3. The van der Waals surface area contributed by atoms with Crippen LogP contribution in [0.2, 0.25) is 0 Å². The molecule has 1 aromatic carbocycles. The Morgan fingerprint density at radius 1 is 1.21 bits per heavy atom. The third-order valence-corrected chi connectivity index (χ3v) is 8.88. The van der Waals surface area contributed by atoms with Crippen molar-refractivity contribution in [2.75, 3.05) is 39.0 Å². The first-order valence-electron chi connectivity index (χ1n) is 10.1. The first kappa shape index (κ1) is 21.5. The van der Waals surface area contributed by atoms with Gasteiger partial charge >= 0.3 is 0 Å². The van der Waals surface area contributed by atoms with Gasteiger partial charge in [0.05, 0.1) is 4.90 Å². The van der Waals surface area contributed by atoms with Crippen LogP contribution in [0.15, 0.2) is 34.2 Å². The molecular formula is C20H32N4O2S2. The standard InChI is InChI=1S/C20H32N4O2S2/c1-16(2)19-15-23(12-13-27-19)20(21-3)22-14-17-6-8-18(9-7-17)28(25,26)24-10-4-5-11-24/h6-9,16,19H,4-5,10-15H2,1-3H3,(H,21,22). The van der Waals surface area contributed by atoms with Crippen molar-refractivity contribution in [1.82, 2.24) is 14.5 Å². The molecule has 1 unspecified atom stereocenters. The average molecular weight is 425 g/mol. The number of thioether (sulfide) groups is 1. The molecule has 2 heterocycles. The fraction of sp³-hybridized carbons (Fsp3) is 0.650. The van der Waals surface area contributed by atoms with Crippen LogP contribution in [0.5, 0.6) is 0 Å². The van der Waals surface area contributed by atoms with Crippen LogP contribution in [0.4, 0.5) is 0 Å². The summed E-state index contributed by atoms with van der Waals surface area (Å²) in [5, 5.41) is 4.06. The Morgan fingerprint density at radius 2 is 1.89 bits per heavy atom. The highest BCUT2D eigenvalue weighted by Gasteiger charge is 2.27. The average Bonchev–Trinajstić information content (AvgIpc) is 3.25. The van der Waals surface area contributed by atoms with Crippen LogP contribution in [0, 0.1) is 5.92 Å². The van der Waals surface area contributed by atoms with Crippen LogP contribution >= 0.6 is 11.8 Å². The second-order valence-electron chi connectivity index (χ2n) is 7.76. The van der Waals surface area contributed by atoms with Gasteiger partial charge in [0.1, 0.15) is 0 Å². The quantitative estimate of drug-likeness (QED) is 0.581. The van der Waals surface area contributed by atoms with Crippen molar-refractivity contribution in [2.24, 2.45) is 10.9 Å². The fourth-order valence-corrected chi connectivity index (χ4v) is 6.46. The predicted molar refractivity (Wildman–Crippen MR) is 117 cm³/mol. The van der Waals surface area contributed by atoms with E-state index in [0.29, 0.717) is 35.7 Å². The lowest BCUT2D eigenvalue weighted by atomic mass is 10.1. The van der Waals surface area contributed by atoms with Crippen molar-refractivity contribution in [3.8, 4) is 0 Å². The molecule has 1 N–H and O–H groups in total. The minimum Gasteiger partial charge on any atom is -0.352 e. The lowest BCUT2D eigenvalue weighted by molar-refractivity contribution is 0.380. The SMILES string of the molecule is CN=C(NCc1ccc(S(=O)(=O)N2CCCC2)cc1)N1CCSC(C(C)C)C1. The van der Waals surface area contributed by atoms with Crippen molar-refractivity contribution in [1.29, 1.82) is 0 Å². The number of hydrogen-bond donors (Lipinski definition) is 1. The maximum Gasteiger partial charge on any atom is 0.243 e. The summed E-state index contributed by atoms with van der Waals surface area (Å²) in [5.41, 5.74) is 1.05. The molecular weight excluding hydrogens is 392 g/mol. The van der Waals surface area contributed by atoms with Gasteiger partial charge in [-0.1, -0.05) is 26.0 Å². The van der Waals surface area contributed by atoms with E-state index in [4.69, 9.17) is 0 Å². The van der Waals surface area contributed by atoms with Gasteiger partial charge in [0.15, 0.2) is 5.96 Å². The summed E-state index contributed by atoms with van der Waals surface area (Å²) in [6.45, 7) is 8.45. The zero-order valence-electron chi connectivity index (χ0n) is 17.1. The zero-order chi connectivity index (χ0) is 20.1. The second-order valence-corrected chi connectivity index (χ2v) is 11.0. The largest absolute Gasteiger partial charge is 0.352 e. The van der Waals surface area contributed by atoms with E-state index >= 15 is 0 Å². The maximum absolute atomic E-state index is 12.6. The number of nitrogens with one attached hydrogen (secondary N) is 1. The minimum absolute atomic E-state index is 0.385. The van der Waals surface area contributed by atoms with E-state index in [1.807, 2.05) is 30.9 Å². The molecule has 0 spiro atoms. The molecule has 3 rings (SSSR count). The van der Waals surface area contributed by atoms with E-state index < -0.39 is 10.0 Å². The van der Waals surface area contributed by atoms with Crippen molar-refractivity contribution in [3.05, 3.63) is 29.8 Å². The molecule has 0 amide bonds. The van der Waals surface area contributed by atoms with E-state index in [-0.39, 0.29) is 0 Å². The highest BCUT2D eigenvalue weighted by Crippen LogP contribution is 2.25. The normalized spacial score (nSPS) is 22.1. The molecule has 0 saturated carbocycles. The van der Waals surface area contributed by atoms with Gasteiger partial charge in [0.2, 0.25) is 10.0 Å². The van der Waals surface area contributed by atoms with E-state index in [1.165, 1.54) is 0 Å². The highest BCUT2D eigenvalue weighted by molar-refractivity contribution is 8.00. The zero-order valence-corrected chi connectivity index (χ0v) is 18.7. The van der Waals surface area contributed by atoms with Crippen LogP contribution < -0.4 is 5.32 Å². The van der Waals surface area contributed by atoms with Gasteiger partial charge in [0, 0.05) is 50.8 Å². The molecule has 0 aromatic heterocycles. The summed E-state index contributed by atoms with van der Waals surface area (Å²) in [5.74, 6) is 2.68. The molecule has 1 aromatic rings. The lowest BCUT2D eigenvalue weighted by Crippen LogP contribution is -2.48. The van der Waals surface area contributed by atoms with Gasteiger partial charge in [-0.15, -0.1) is 0 Å². The molecule has 156 valence electrons. The van der Waals surface area contributed by atoms with Gasteiger partial charge in [-0.3, -0.25) is 4.99 Å². The van der Waals surface area contributed by atoms with E-state index in [0.717, 1.165) is 43.2 Å². The second kappa shape index (κ2) is 9.50. The van der Waals surface area contributed by atoms with Gasteiger partial charge < -0.3 is 10.2 Å². The molecule has 1 atom stereocenters.